The summed E-state index contributed by atoms with van der Waals surface area (Å²) in [5, 5.41) is 3.85. The third-order valence-electron chi connectivity index (χ3n) is 8.03. The summed E-state index contributed by atoms with van der Waals surface area (Å²) in [5.74, 6) is 0.744. The Morgan fingerprint density at radius 2 is 2.08 bits per heavy atom. The molecule has 2 aliphatic heterocycles. The molecule has 1 aromatic rings. The van der Waals surface area contributed by atoms with Crippen molar-refractivity contribution >= 4 is 29.4 Å². The van der Waals surface area contributed by atoms with Crippen LogP contribution in [0.3, 0.4) is 0 Å². The number of rotatable bonds is 9. The summed E-state index contributed by atoms with van der Waals surface area (Å²) in [7, 11) is 1.64. The van der Waals surface area contributed by atoms with Gasteiger partial charge in [0.15, 0.2) is 5.96 Å². The lowest BCUT2D eigenvalue weighted by molar-refractivity contribution is -0.133. The van der Waals surface area contributed by atoms with E-state index in [-0.39, 0.29) is 41.7 Å². The van der Waals surface area contributed by atoms with E-state index >= 15 is 0 Å². The highest BCUT2D eigenvalue weighted by molar-refractivity contribution is 6.30. The van der Waals surface area contributed by atoms with Gasteiger partial charge in [-0.25, -0.2) is 4.99 Å². The number of fused-ring (bicyclic) bond motifs is 1. The molecule has 4 atom stereocenters. The number of amides is 2. The van der Waals surface area contributed by atoms with Crippen LogP contribution in [0.15, 0.2) is 23.2 Å². The second kappa shape index (κ2) is 10.2. The Hall–Kier alpha value is -2.32. The van der Waals surface area contributed by atoms with E-state index in [1.54, 1.807) is 18.1 Å². The Kier molecular flexibility index (Phi) is 7.58. The van der Waals surface area contributed by atoms with Gasteiger partial charge in [-0.1, -0.05) is 31.5 Å². The van der Waals surface area contributed by atoms with Crippen LogP contribution in [0.1, 0.15) is 77.8 Å². The molecule has 3 aliphatic rings. The second-order valence-corrected chi connectivity index (χ2v) is 11.4. The third-order valence-corrected chi connectivity index (χ3v) is 8.27. The fourth-order valence-corrected chi connectivity index (χ4v) is 5.95. The van der Waals surface area contributed by atoms with E-state index in [1.807, 2.05) is 39.8 Å². The van der Waals surface area contributed by atoms with Crippen LogP contribution in [0.4, 0.5) is 0 Å². The van der Waals surface area contributed by atoms with Gasteiger partial charge in [-0.15, -0.1) is 0 Å². The van der Waals surface area contributed by atoms with Crippen molar-refractivity contribution in [2.75, 3.05) is 13.7 Å². The van der Waals surface area contributed by atoms with E-state index in [1.165, 1.54) is 0 Å². The normalized spacial score (nSPS) is 26.9. The molecule has 4 rings (SSSR count). The molecule has 0 bridgehead atoms. The van der Waals surface area contributed by atoms with E-state index in [4.69, 9.17) is 31.8 Å². The zero-order valence-electron chi connectivity index (χ0n) is 22.0. The first-order valence-electron chi connectivity index (χ1n) is 13.0. The lowest BCUT2D eigenvalue weighted by Gasteiger charge is -2.40. The molecule has 1 aliphatic carbocycles. The highest BCUT2D eigenvalue weighted by atomic mass is 35.5. The van der Waals surface area contributed by atoms with Crippen molar-refractivity contribution in [1.29, 1.82) is 0 Å². The quantitative estimate of drug-likeness (QED) is 0.509. The lowest BCUT2D eigenvalue weighted by atomic mass is 9.87. The van der Waals surface area contributed by atoms with Crippen molar-refractivity contribution in [2.45, 2.75) is 89.4 Å². The van der Waals surface area contributed by atoms with E-state index in [0.29, 0.717) is 43.1 Å². The number of hydrogen-bond donors (Lipinski definition) is 2. The van der Waals surface area contributed by atoms with Gasteiger partial charge in [0.2, 0.25) is 11.8 Å². The standard InChI is InChI=1S/C27H39ClN4O4/c1-6-27(7-2)15-23(33)32(25(29)31-27)21(10-11-35-5)18-13-19(18)24(34)30-20-14-26(3,4)36-22-12-16(28)8-9-17(20)22/h8-9,12,18-21H,6-7,10-11,13-15H2,1-5H3,(H2,29,31)(H,30,34)/t18?,19-,20?,21-/m1/s1. The summed E-state index contributed by atoms with van der Waals surface area (Å²) >= 11 is 6.18. The van der Waals surface area contributed by atoms with Gasteiger partial charge in [-0.05, 0) is 57.6 Å². The summed E-state index contributed by atoms with van der Waals surface area (Å²) in [6.07, 6.45) is 3.81. The first kappa shape index (κ1) is 26.7. The Morgan fingerprint density at radius 3 is 2.72 bits per heavy atom. The zero-order valence-corrected chi connectivity index (χ0v) is 22.7. The molecule has 0 radical (unpaired) electrons. The molecule has 1 saturated carbocycles. The predicted molar refractivity (Wildman–Crippen MR) is 140 cm³/mol. The van der Waals surface area contributed by atoms with Crippen molar-refractivity contribution < 1.29 is 19.1 Å². The van der Waals surface area contributed by atoms with Crippen molar-refractivity contribution in [3.05, 3.63) is 28.8 Å². The zero-order chi connectivity index (χ0) is 26.3. The van der Waals surface area contributed by atoms with Crippen LogP contribution in [0.2, 0.25) is 5.02 Å². The summed E-state index contributed by atoms with van der Waals surface area (Å²) in [4.78, 5) is 33.1. The summed E-state index contributed by atoms with van der Waals surface area (Å²) < 4.78 is 11.4. The third kappa shape index (κ3) is 5.35. The predicted octanol–water partition coefficient (Wildman–Crippen LogP) is 4.21. The van der Waals surface area contributed by atoms with Gasteiger partial charge in [0.1, 0.15) is 11.4 Å². The van der Waals surface area contributed by atoms with Gasteiger partial charge in [-0.2, -0.15) is 0 Å². The van der Waals surface area contributed by atoms with Crippen LogP contribution >= 0.6 is 11.6 Å². The maximum absolute atomic E-state index is 13.4. The highest BCUT2D eigenvalue weighted by Crippen LogP contribution is 2.47. The molecule has 1 aromatic carbocycles. The molecule has 9 heteroatoms. The van der Waals surface area contributed by atoms with Gasteiger partial charge in [-0.3, -0.25) is 14.5 Å². The van der Waals surface area contributed by atoms with Crippen LogP contribution in [0.25, 0.3) is 0 Å². The molecule has 2 amide bonds. The van der Waals surface area contributed by atoms with Crippen LogP contribution < -0.4 is 15.8 Å². The molecular weight excluding hydrogens is 480 g/mol. The minimum absolute atomic E-state index is 0.00569. The van der Waals surface area contributed by atoms with Crippen LogP contribution in [0.5, 0.6) is 5.75 Å². The van der Waals surface area contributed by atoms with E-state index in [2.05, 4.69) is 5.32 Å². The van der Waals surface area contributed by atoms with Gasteiger partial charge < -0.3 is 20.5 Å². The van der Waals surface area contributed by atoms with Crippen LogP contribution in [-0.4, -0.2) is 53.6 Å². The number of hydrogen-bond acceptors (Lipinski definition) is 6. The molecule has 2 heterocycles. The number of benzene rings is 1. The van der Waals surface area contributed by atoms with E-state index < -0.39 is 11.1 Å². The minimum atomic E-state index is -0.435. The number of methoxy groups -OCH3 is 1. The van der Waals surface area contributed by atoms with E-state index in [0.717, 1.165) is 18.4 Å². The second-order valence-electron chi connectivity index (χ2n) is 11.0. The number of nitrogens with zero attached hydrogens (tertiary/aromatic N) is 2. The molecule has 0 saturated heterocycles. The smallest absolute Gasteiger partial charge is 0.231 e. The molecule has 2 unspecified atom stereocenters. The Bertz CT molecular complexity index is 1040. The fraction of sp³-hybridized carbons (Fsp3) is 0.667. The first-order valence-corrected chi connectivity index (χ1v) is 13.4. The summed E-state index contributed by atoms with van der Waals surface area (Å²) in [5.41, 5.74) is 6.45. The number of guanidine groups is 1. The van der Waals surface area contributed by atoms with E-state index in [9.17, 15) is 9.59 Å². The first-order chi connectivity index (χ1) is 17.0. The number of aliphatic imine (C=N–C) groups is 1. The van der Waals surface area contributed by atoms with Crippen molar-refractivity contribution in [2.24, 2.45) is 22.6 Å². The molecule has 0 aromatic heterocycles. The monoisotopic (exact) mass is 518 g/mol. The number of carbonyl (C=O) groups is 2. The molecule has 8 nitrogen and oxygen atoms in total. The van der Waals surface area contributed by atoms with Gasteiger partial charge in [0.05, 0.1) is 18.0 Å². The number of halogens is 1. The number of nitrogens with two attached hydrogens (primary N) is 1. The number of ether oxygens (including phenoxy) is 2. The fourth-order valence-electron chi connectivity index (χ4n) is 5.79. The Balaban J connectivity index is 1.51. The van der Waals surface area contributed by atoms with Crippen molar-refractivity contribution in [1.82, 2.24) is 10.2 Å². The Labute approximate surface area is 218 Å². The summed E-state index contributed by atoms with van der Waals surface area (Å²) in [6, 6.07) is 5.14. The molecule has 0 spiro atoms. The average molecular weight is 519 g/mol. The number of carbonyl (C=O) groups excluding carboxylic acids is 2. The topological polar surface area (TPSA) is 106 Å². The maximum atomic E-state index is 13.4. The molecule has 3 N–H and O–H groups in total. The average Bonchev–Trinajstić information content (AvgIpc) is 3.60. The SMILES string of the molecule is CCC1(CC)CC(=O)N([C@H](CCOC)C2C[C@H]2C(=O)NC2CC(C)(C)Oc3cc(Cl)ccc32)C(N)=N1. The van der Waals surface area contributed by atoms with Crippen molar-refractivity contribution in [3.8, 4) is 5.75 Å². The molecule has 1 fully saturated rings. The minimum Gasteiger partial charge on any atom is -0.487 e. The Morgan fingerprint density at radius 1 is 1.36 bits per heavy atom. The van der Waals surface area contributed by atoms with Crippen LogP contribution in [-0.2, 0) is 14.3 Å². The lowest BCUT2D eigenvalue weighted by Crippen LogP contribution is -2.56. The van der Waals surface area contributed by atoms with Crippen LogP contribution in [0, 0.1) is 11.8 Å². The highest BCUT2D eigenvalue weighted by Gasteiger charge is 2.53. The largest absolute Gasteiger partial charge is 0.487 e. The molecule has 198 valence electrons. The van der Waals surface area contributed by atoms with Gasteiger partial charge in [0.25, 0.3) is 0 Å². The van der Waals surface area contributed by atoms with Gasteiger partial charge in [0, 0.05) is 42.7 Å². The molecule has 36 heavy (non-hydrogen) atoms. The number of nitrogens with one attached hydrogen (secondary N) is 1. The van der Waals surface area contributed by atoms with Gasteiger partial charge >= 0.3 is 0 Å². The van der Waals surface area contributed by atoms with Crippen molar-refractivity contribution in [3.63, 3.8) is 0 Å². The maximum Gasteiger partial charge on any atom is 0.231 e. The molecular formula is C27H39ClN4O4. The summed E-state index contributed by atoms with van der Waals surface area (Å²) in [6.45, 7) is 8.57.